The molecule has 0 bridgehead atoms. The van der Waals surface area contributed by atoms with Crippen LogP contribution in [0.1, 0.15) is 16.1 Å². The second-order valence-corrected chi connectivity index (χ2v) is 5.51. The van der Waals surface area contributed by atoms with Crippen molar-refractivity contribution < 1.29 is 18.7 Å². The molecule has 2 aromatic carbocycles. The molecule has 0 unspecified atom stereocenters. The van der Waals surface area contributed by atoms with Gasteiger partial charge in [0.25, 0.3) is 5.91 Å². The van der Waals surface area contributed by atoms with E-state index in [0.29, 0.717) is 5.69 Å². The molecule has 2 N–H and O–H groups in total. The lowest BCUT2D eigenvalue weighted by Crippen LogP contribution is -2.28. The first-order chi connectivity index (χ1) is 12.6. The minimum absolute atomic E-state index is 0.162. The molecule has 3 aromatic rings. The Hall–Kier alpha value is -3.48. The van der Waals surface area contributed by atoms with Crippen LogP contribution in [0.25, 0.3) is 11.3 Å². The highest BCUT2D eigenvalue weighted by atomic mass is 19.1. The molecule has 0 spiro atoms. The second kappa shape index (κ2) is 8.06. The molecule has 7 heteroatoms. The fraction of sp³-hybridized carbons (Fsp3) is 0.105. The standard InChI is InChI=1S/C19H16FN3O3/c20-15-8-6-13(7-9-15)11-21-18(24)12-26-19(25)17-10-16(22-23-17)14-4-2-1-3-5-14/h1-10H,11-12H2,(H,21,24)(H,22,23). The Balaban J connectivity index is 1.48. The predicted octanol–water partition coefficient (Wildman–Crippen LogP) is 2.69. The van der Waals surface area contributed by atoms with Gasteiger partial charge in [-0.25, -0.2) is 9.18 Å². The van der Waals surface area contributed by atoms with Gasteiger partial charge >= 0.3 is 5.97 Å². The van der Waals surface area contributed by atoms with Gasteiger partial charge in [0.1, 0.15) is 11.5 Å². The van der Waals surface area contributed by atoms with Gasteiger partial charge in [-0.1, -0.05) is 42.5 Å². The average molecular weight is 353 g/mol. The van der Waals surface area contributed by atoms with E-state index in [1.165, 1.54) is 12.1 Å². The van der Waals surface area contributed by atoms with E-state index in [-0.39, 0.29) is 18.1 Å². The number of amides is 1. The van der Waals surface area contributed by atoms with Gasteiger partial charge in [-0.3, -0.25) is 9.89 Å². The quantitative estimate of drug-likeness (QED) is 0.668. The van der Waals surface area contributed by atoms with E-state index in [1.807, 2.05) is 30.3 Å². The van der Waals surface area contributed by atoms with Crippen molar-refractivity contribution in [2.75, 3.05) is 6.61 Å². The number of carbonyl (C=O) groups excluding carboxylic acids is 2. The van der Waals surface area contributed by atoms with Gasteiger partial charge in [-0.2, -0.15) is 5.10 Å². The lowest BCUT2D eigenvalue weighted by Gasteiger charge is -2.06. The van der Waals surface area contributed by atoms with Crippen LogP contribution >= 0.6 is 0 Å². The monoisotopic (exact) mass is 353 g/mol. The van der Waals surface area contributed by atoms with Gasteiger partial charge in [0.05, 0.1) is 5.69 Å². The van der Waals surface area contributed by atoms with Crippen LogP contribution in [0.2, 0.25) is 0 Å². The van der Waals surface area contributed by atoms with Crippen molar-refractivity contribution in [2.45, 2.75) is 6.54 Å². The van der Waals surface area contributed by atoms with E-state index in [1.54, 1.807) is 18.2 Å². The third kappa shape index (κ3) is 4.54. The van der Waals surface area contributed by atoms with Crippen molar-refractivity contribution >= 4 is 11.9 Å². The Labute approximate surface area is 149 Å². The molecule has 0 atom stereocenters. The van der Waals surface area contributed by atoms with E-state index in [2.05, 4.69) is 15.5 Å². The molecule has 26 heavy (non-hydrogen) atoms. The van der Waals surface area contributed by atoms with Crippen LogP contribution in [-0.4, -0.2) is 28.7 Å². The fourth-order valence-corrected chi connectivity index (χ4v) is 2.25. The summed E-state index contributed by atoms with van der Waals surface area (Å²) in [7, 11) is 0. The number of carbonyl (C=O) groups is 2. The SMILES string of the molecule is O=C(COC(=O)c1cc(-c2ccccc2)n[nH]1)NCc1ccc(F)cc1. The summed E-state index contributed by atoms with van der Waals surface area (Å²) in [6.07, 6.45) is 0. The highest BCUT2D eigenvalue weighted by molar-refractivity contribution is 5.90. The number of aromatic amines is 1. The highest BCUT2D eigenvalue weighted by Crippen LogP contribution is 2.17. The topological polar surface area (TPSA) is 84.1 Å². The molecule has 1 amide bonds. The number of hydrogen-bond donors (Lipinski definition) is 2. The Kier molecular flexibility index (Phi) is 5.38. The van der Waals surface area contributed by atoms with Gasteiger partial charge in [0, 0.05) is 12.1 Å². The van der Waals surface area contributed by atoms with Crippen LogP contribution in [-0.2, 0) is 16.1 Å². The summed E-state index contributed by atoms with van der Waals surface area (Å²) in [6.45, 7) is -0.196. The minimum atomic E-state index is -0.670. The largest absolute Gasteiger partial charge is 0.451 e. The van der Waals surface area contributed by atoms with Crippen molar-refractivity contribution in [2.24, 2.45) is 0 Å². The van der Waals surface area contributed by atoms with Crippen molar-refractivity contribution in [3.8, 4) is 11.3 Å². The van der Waals surface area contributed by atoms with Crippen LogP contribution in [0, 0.1) is 5.82 Å². The first-order valence-corrected chi connectivity index (χ1v) is 7.91. The number of nitrogens with one attached hydrogen (secondary N) is 2. The zero-order valence-corrected chi connectivity index (χ0v) is 13.7. The van der Waals surface area contributed by atoms with Crippen LogP contribution in [0.15, 0.2) is 60.7 Å². The number of hydrogen-bond acceptors (Lipinski definition) is 4. The lowest BCUT2D eigenvalue weighted by molar-refractivity contribution is -0.124. The Morgan fingerprint density at radius 3 is 2.54 bits per heavy atom. The van der Waals surface area contributed by atoms with Crippen molar-refractivity contribution in [1.82, 2.24) is 15.5 Å². The van der Waals surface area contributed by atoms with Crippen LogP contribution in [0.5, 0.6) is 0 Å². The van der Waals surface area contributed by atoms with Gasteiger partial charge in [-0.05, 0) is 23.8 Å². The predicted molar refractivity (Wildman–Crippen MR) is 92.6 cm³/mol. The molecule has 0 fully saturated rings. The molecule has 0 aliphatic carbocycles. The number of H-pyrrole nitrogens is 1. The lowest BCUT2D eigenvalue weighted by atomic mass is 10.1. The Bertz CT molecular complexity index is 892. The number of esters is 1. The molecule has 1 heterocycles. The zero-order valence-electron chi connectivity index (χ0n) is 13.7. The Morgan fingerprint density at radius 2 is 1.81 bits per heavy atom. The number of aromatic nitrogens is 2. The Morgan fingerprint density at radius 1 is 1.08 bits per heavy atom. The number of rotatable bonds is 6. The number of ether oxygens (including phenoxy) is 1. The maximum atomic E-state index is 12.8. The molecule has 0 saturated carbocycles. The summed E-state index contributed by atoms with van der Waals surface area (Å²) in [5.74, 6) is -1.47. The third-order valence-electron chi connectivity index (χ3n) is 3.60. The molecular weight excluding hydrogens is 337 g/mol. The van der Waals surface area contributed by atoms with E-state index in [0.717, 1.165) is 11.1 Å². The van der Waals surface area contributed by atoms with Gasteiger partial charge in [0.2, 0.25) is 0 Å². The van der Waals surface area contributed by atoms with Crippen LogP contribution in [0.4, 0.5) is 4.39 Å². The fourth-order valence-electron chi connectivity index (χ4n) is 2.25. The number of benzene rings is 2. The van der Waals surface area contributed by atoms with Crippen LogP contribution in [0.3, 0.4) is 0 Å². The molecule has 0 saturated heterocycles. The van der Waals surface area contributed by atoms with Gasteiger partial charge in [0.15, 0.2) is 6.61 Å². The number of halogens is 1. The van der Waals surface area contributed by atoms with E-state index in [4.69, 9.17) is 4.74 Å². The molecule has 1 aromatic heterocycles. The summed E-state index contributed by atoms with van der Waals surface area (Å²) in [5, 5.41) is 9.25. The molecule has 0 aliphatic heterocycles. The first-order valence-electron chi connectivity index (χ1n) is 7.91. The van der Waals surface area contributed by atoms with Gasteiger partial charge < -0.3 is 10.1 Å². The van der Waals surface area contributed by atoms with Crippen molar-refractivity contribution in [1.29, 1.82) is 0 Å². The van der Waals surface area contributed by atoms with E-state index < -0.39 is 18.5 Å². The molecule has 6 nitrogen and oxygen atoms in total. The molecule has 0 radical (unpaired) electrons. The summed E-state index contributed by atoms with van der Waals surface area (Å²) < 4.78 is 17.8. The molecule has 0 aliphatic rings. The van der Waals surface area contributed by atoms with Crippen molar-refractivity contribution in [3.63, 3.8) is 0 Å². The molecule has 132 valence electrons. The zero-order chi connectivity index (χ0) is 18.4. The maximum absolute atomic E-state index is 12.8. The summed E-state index contributed by atoms with van der Waals surface area (Å²) >= 11 is 0. The van der Waals surface area contributed by atoms with E-state index >= 15 is 0 Å². The normalized spacial score (nSPS) is 10.3. The smallest absolute Gasteiger partial charge is 0.356 e. The maximum Gasteiger partial charge on any atom is 0.356 e. The summed E-state index contributed by atoms with van der Waals surface area (Å²) in [4.78, 5) is 23.7. The minimum Gasteiger partial charge on any atom is -0.451 e. The van der Waals surface area contributed by atoms with Crippen molar-refractivity contribution in [3.05, 3.63) is 77.7 Å². The van der Waals surface area contributed by atoms with E-state index in [9.17, 15) is 14.0 Å². The average Bonchev–Trinajstić information content (AvgIpc) is 3.17. The highest BCUT2D eigenvalue weighted by Gasteiger charge is 2.14. The summed E-state index contributed by atoms with van der Waals surface area (Å²) in [5.41, 5.74) is 2.38. The third-order valence-corrected chi connectivity index (χ3v) is 3.60. The first kappa shape index (κ1) is 17.3. The number of nitrogens with zero attached hydrogens (tertiary/aromatic N) is 1. The molecular formula is C19H16FN3O3. The molecule has 3 rings (SSSR count). The van der Waals surface area contributed by atoms with Gasteiger partial charge in [-0.15, -0.1) is 0 Å². The van der Waals surface area contributed by atoms with Crippen LogP contribution < -0.4 is 5.32 Å². The summed E-state index contributed by atoms with van der Waals surface area (Å²) in [6, 6.07) is 16.7. The second-order valence-electron chi connectivity index (χ2n) is 5.51.